The van der Waals surface area contributed by atoms with E-state index >= 15 is 0 Å². The molecule has 1 aromatic rings. The third kappa shape index (κ3) is 3.14. The molecule has 88 valence electrons. The van der Waals surface area contributed by atoms with E-state index in [0.29, 0.717) is 16.3 Å². The Labute approximate surface area is 100.0 Å². The molecule has 0 spiro atoms. The Morgan fingerprint density at radius 2 is 2.00 bits per heavy atom. The molecule has 0 heterocycles. The number of benzene rings is 1. The van der Waals surface area contributed by atoms with E-state index < -0.39 is 11.9 Å². The van der Waals surface area contributed by atoms with Gasteiger partial charge in [-0.05, 0) is 38.5 Å². The van der Waals surface area contributed by atoms with Crippen molar-refractivity contribution in [3.05, 3.63) is 28.8 Å². The number of ether oxygens (including phenoxy) is 1. The summed E-state index contributed by atoms with van der Waals surface area (Å²) in [6, 6.07) is 5.07. The molecule has 0 aromatic heterocycles. The fourth-order valence-electron chi connectivity index (χ4n) is 1.28. The van der Waals surface area contributed by atoms with Gasteiger partial charge in [0.1, 0.15) is 5.75 Å². The number of hydrogen-bond donors (Lipinski definition) is 1. The lowest BCUT2D eigenvalue weighted by molar-refractivity contribution is -0.138. The van der Waals surface area contributed by atoms with E-state index in [1.165, 1.54) is 0 Å². The Hall–Kier alpha value is -1.22. The van der Waals surface area contributed by atoms with Crippen molar-refractivity contribution < 1.29 is 14.6 Å². The molecule has 16 heavy (non-hydrogen) atoms. The van der Waals surface area contributed by atoms with Gasteiger partial charge in [-0.1, -0.05) is 17.7 Å². The molecule has 0 radical (unpaired) electrons. The second-order valence-electron chi connectivity index (χ2n) is 3.92. The van der Waals surface area contributed by atoms with Crippen molar-refractivity contribution >= 4 is 17.6 Å². The summed E-state index contributed by atoms with van der Waals surface area (Å²) >= 11 is 6.00. The summed E-state index contributed by atoms with van der Waals surface area (Å²) < 4.78 is 5.46. The summed E-state index contributed by atoms with van der Waals surface area (Å²) in [5.74, 6) is -0.850. The minimum atomic E-state index is -0.867. The molecule has 1 aromatic carbocycles. The summed E-state index contributed by atoms with van der Waals surface area (Å²) in [5, 5.41) is 9.31. The van der Waals surface area contributed by atoms with Crippen molar-refractivity contribution in [2.75, 3.05) is 0 Å². The third-order valence-electron chi connectivity index (χ3n) is 2.19. The number of carboxylic acids is 1. The average molecular weight is 243 g/mol. The number of rotatable bonds is 4. The van der Waals surface area contributed by atoms with Crippen LogP contribution in [0.4, 0.5) is 0 Å². The maximum Gasteiger partial charge on any atom is 0.310 e. The van der Waals surface area contributed by atoms with Crippen LogP contribution in [0.5, 0.6) is 5.75 Å². The second kappa shape index (κ2) is 5.21. The van der Waals surface area contributed by atoms with Gasteiger partial charge < -0.3 is 9.84 Å². The minimum absolute atomic E-state index is 0.0419. The van der Waals surface area contributed by atoms with Gasteiger partial charge in [0, 0.05) is 0 Å². The van der Waals surface area contributed by atoms with Crippen LogP contribution in [0.1, 0.15) is 32.3 Å². The fourth-order valence-corrected chi connectivity index (χ4v) is 1.51. The van der Waals surface area contributed by atoms with Gasteiger partial charge in [-0.25, -0.2) is 0 Å². The van der Waals surface area contributed by atoms with Crippen LogP contribution in [-0.2, 0) is 4.79 Å². The first kappa shape index (κ1) is 12.8. The molecule has 0 bridgehead atoms. The smallest absolute Gasteiger partial charge is 0.310 e. The quantitative estimate of drug-likeness (QED) is 0.881. The normalized spacial score (nSPS) is 12.6. The maximum absolute atomic E-state index is 10.8. The summed E-state index contributed by atoms with van der Waals surface area (Å²) in [6.45, 7) is 5.44. The largest absolute Gasteiger partial charge is 0.489 e. The van der Waals surface area contributed by atoms with Crippen LogP contribution in [0.2, 0.25) is 5.02 Å². The molecule has 0 aliphatic carbocycles. The topological polar surface area (TPSA) is 46.5 Å². The summed E-state index contributed by atoms with van der Waals surface area (Å²) in [6.07, 6.45) is 0.0419. The minimum Gasteiger partial charge on any atom is -0.489 e. The van der Waals surface area contributed by atoms with E-state index in [-0.39, 0.29) is 6.10 Å². The zero-order chi connectivity index (χ0) is 12.3. The maximum atomic E-state index is 10.8. The molecule has 0 amide bonds. The van der Waals surface area contributed by atoms with Crippen molar-refractivity contribution in [3.8, 4) is 5.75 Å². The Kier molecular flexibility index (Phi) is 4.19. The van der Waals surface area contributed by atoms with Crippen LogP contribution in [0.15, 0.2) is 18.2 Å². The summed E-state index contributed by atoms with van der Waals surface area (Å²) in [7, 11) is 0. The van der Waals surface area contributed by atoms with Gasteiger partial charge in [-0.15, -0.1) is 0 Å². The number of aliphatic carboxylic acids is 1. The lowest BCUT2D eigenvalue weighted by Gasteiger charge is -2.13. The SMILES string of the molecule is CC(C)Oc1ccc(C(C)C(=O)O)cc1Cl. The first-order valence-corrected chi connectivity index (χ1v) is 5.48. The standard InChI is InChI=1S/C12H15ClO3/c1-7(2)16-11-5-4-9(6-10(11)13)8(3)12(14)15/h4-8H,1-3H3,(H,14,15). The van der Waals surface area contributed by atoms with Crippen LogP contribution in [0, 0.1) is 0 Å². The van der Waals surface area contributed by atoms with E-state index in [9.17, 15) is 4.79 Å². The number of carboxylic acid groups (broad SMARTS) is 1. The zero-order valence-electron chi connectivity index (χ0n) is 9.53. The Bertz CT molecular complexity index is 388. The predicted octanol–water partition coefficient (Wildman–Crippen LogP) is 3.32. The lowest BCUT2D eigenvalue weighted by atomic mass is 10.0. The molecule has 4 heteroatoms. The molecule has 3 nitrogen and oxygen atoms in total. The molecule has 0 saturated carbocycles. The monoisotopic (exact) mass is 242 g/mol. The highest BCUT2D eigenvalue weighted by molar-refractivity contribution is 6.32. The van der Waals surface area contributed by atoms with Gasteiger partial charge in [-0.2, -0.15) is 0 Å². The van der Waals surface area contributed by atoms with Crippen molar-refractivity contribution in [3.63, 3.8) is 0 Å². The van der Waals surface area contributed by atoms with Crippen molar-refractivity contribution in [2.45, 2.75) is 32.8 Å². The van der Waals surface area contributed by atoms with Gasteiger partial charge in [-0.3, -0.25) is 4.79 Å². The lowest BCUT2D eigenvalue weighted by Crippen LogP contribution is -2.09. The highest BCUT2D eigenvalue weighted by Crippen LogP contribution is 2.29. The molecule has 1 unspecified atom stereocenters. The predicted molar refractivity (Wildman–Crippen MR) is 63.3 cm³/mol. The van der Waals surface area contributed by atoms with Crippen LogP contribution in [0.25, 0.3) is 0 Å². The summed E-state index contributed by atoms with van der Waals surface area (Å²) in [4.78, 5) is 10.8. The van der Waals surface area contributed by atoms with E-state index in [4.69, 9.17) is 21.4 Å². The average Bonchev–Trinajstić information content (AvgIpc) is 2.19. The van der Waals surface area contributed by atoms with Crippen LogP contribution in [0.3, 0.4) is 0 Å². The molecule has 0 saturated heterocycles. The first-order chi connectivity index (χ1) is 7.41. The van der Waals surface area contributed by atoms with Gasteiger partial charge in [0.25, 0.3) is 0 Å². The summed E-state index contributed by atoms with van der Waals surface area (Å²) in [5.41, 5.74) is 0.675. The molecule has 1 rings (SSSR count). The number of hydrogen-bond acceptors (Lipinski definition) is 2. The molecule has 1 atom stereocenters. The fraction of sp³-hybridized carbons (Fsp3) is 0.417. The van der Waals surface area contributed by atoms with Crippen molar-refractivity contribution in [2.24, 2.45) is 0 Å². The Morgan fingerprint density at radius 3 is 2.44 bits per heavy atom. The molecule has 0 fully saturated rings. The first-order valence-electron chi connectivity index (χ1n) is 5.10. The number of halogens is 1. The molecule has 0 aliphatic heterocycles. The Morgan fingerprint density at radius 1 is 1.38 bits per heavy atom. The Balaban J connectivity index is 2.95. The van der Waals surface area contributed by atoms with Gasteiger partial charge >= 0.3 is 5.97 Å². The molecule has 1 N–H and O–H groups in total. The van der Waals surface area contributed by atoms with E-state index in [2.05, 4.69) is 0 Å². The van der Waals surface area contributed by atoms with E-state index in [1.54, 1.807) is 25.1 Å². The van der Waals surface area contributed by atoms with E-state index in [0.717, 1.165) is 0 Å². The zero-order valence-corrected chi connectivity index (χ0v) is 10.3. The highest BCUT2D eigenvalue weighted by atomic mass is 35.5. The van der Waals surface area contributed by atoms with Crippen LogP contribution >= 0.6 is 11.6 Å². The second-order valence-corrected chi connectivity index (χ2v) is 4.32. The number of carbonyl (C=O) groups is 1. The van der Waals surface area contributed by atoms with Gasteiger partial charge in [0.2, 0.25) is 0 Å². The van der Waals surface area contributed by atoms with Gasteiger partial charge in [0.15, 0.2) is 0 Å². The van der Waals surface area contributed by atoms with Crippen molar-refractivity contribution in [1.82, 2.24) is 0 Å². The van der Waals surface area contributed by atoms with Crippen LogP contribution < -0.4 is 4.74 Å². The molecule has 0 aliphatic rings. The van der Waals surface area contributed by atoms with E-state index in [1.807, 2.05) is 13.8 Å². The van der Waals surface area contributed by atoms with Gasteiger partial charge in [0.05, 0.1) is 17.0 Å². The molecular weight excluding hydrogens is 228 g/mol. The van der Waals surface area contributed by atoms with Crippen molar-refractivity contribution in [1.29, 1.82) is 0 Å². The highest BCUT2D eigenvalue weighted by Gasteiger charge is 2.15. The molecular formula is C12H15ClO3. The van der Waals surface area contributed by atoms with Crippen LogP contribution in [-0.4, -0.2) is 17.2 Å². The third-order valence-corrected chi connectivity index (χ3v) is 2.48.